The molecule has 93 heavy (non-hydrogen) atoms. The van der Waals surface area contributed by atoms with Crippen molar-refractivity contribution in [3.05, 3.63) is 311 Å². The largest absolute Gasteiger partial charge is 0.354 e. The van der Waals surface area contributed by atoms with Gasteiger partial charge in [0.05, 0.1) is 50.3 Å². The fourth-order valence-electron chi connectivity index (χ4n) is 16.1. The number of benzene rings is 6. The SMILES string of the molecule is CCC1=C(CC)C2=c3ccc(cc3)=c3[nH]c(c(CC)c3CC)=C(c3ccccc3)C3=NC(=c4ccc(cc4)=c4[nH]c(c(CC)c4CC)=C(c4ccccc4)C4=NC(=c5ccc(cc5)=c5[nH]c(c(CC)c5CC)=C(c5ccccc5)C1=N2)C(CC)=C4CC)C(CC)=C3CC. The number of hydrogen-bond donors (Lipinski definition) is 3. The minimum atomic E-state index is 0.862. The van der Waals surface area contributed by atoms with Crippen LogP contribution < -0.4 is 31.7 Å². The molecule has 0 saturated heterocycles. The summed E-state index contributed by atoms with van der Waals surface area (Å²) < 4.78 is 0. The first-order valence-electron chi connectivity index (χ1n) is 35.0. The fourth-order valence-corrected chi connectivity index (χ4v) is 16.1. The molecule has 0 fully saturated rings. The summed E-state index contributed by atoms with van der Waals surface area (Å²) in [4.78, 5) is 30.1. The van der Waals surface area contributed by atoms with E-state index in [4.69, 9.17) is 15.0 Å². The van der Waals surface area contributed by atoms with Crippen LogP contribution in [0, 0.1) is 31.7 Å². The minimum absolute atomic E-state index is 0.862. The van der Waals surface area contributed by atoms with Crippen LogP contribution in [0.5, 0.6) is 0 Å². The smallest absolute Gasteiger partial charge is 0.0772 e. The van der Waals surface area contributed by atoms with E-state index >= 15 is 0 Å². The maximum Gasteiger partial charge on any atom is 0.0772 e. The average molecular weight is 1220 g/mol. The molecule has 0 spiro atoms. The van der Waals surface area contributed by atoms with Crippen LogP contribution >= 0.6 is 0 Å². The molecule has 7 aliphatic heterocycles. The average Bonchev–Trinajstić information content (AvgIpc) is 1.63. The van der Waals surface area contributed by atoms with Gasteiger partial charge in [0, 0.05) is 48.4 Å². The molecule has 3 N–H and O–H groups in total. The number of hydrogen-bond acceptors (Lipinski definition) is 3. The van der Waals surface area contributed by atoms with Gasteiger partial charge in [0.2, 0.25) is 0 Å². The first-order chi connectivity index (χ1) is 45.6. The molecule has 3 aromatic heterocycles. The molecule has 0 unspecified atom stereocenters. The second-order valence-corrected chi connectivity index (χ2v) is 25.0. The van der Waals surface area contributed by atoms with Crippen LogP contribution in [0.4, 0.5) is 0 Å². The van der Waals surface area contributed by atoms with Crippen LogP contribution in [0.3, 0.4) is 0 Å². The Hall–Kier alpha value is -9.39. The van der Waals surface area contributed by atoms with Gasteiger partial charge in [-0.3, -0.25) is 0 Å². The van der Waals surface area contributed by atoms with E-state index in [0.29, 0.717) is 0 Å². The lowest BCUT2D eigenvalue weighted by atomic mass is 9.90. The first kappa shape index (κ1) is 62.4. The summed E-state index contributed by atoms with van der Waals surface area (Å²) >= 11 is 0. The molecule has 0 radical (unpaired) electrons. The second kappa shape index (κ2) is 26.7. The maximum absolute atomic E-state index is 5.86. The predicted molar refractivity (Wildman–Crippen MR) is 391 cm³/mol. The quantitative estimate of drug-likeness (QED) is 0.0914. The molecule has 0 amide bonds. The number of aromatic nitrogens is 3. The maximum atomic E-state index is 5.86. The Balaban J connectivity index is 1.21. The Morgan fingerprint density at radius 2 is 0.419 bits per heavy atom. The molecule has 0 aliphatic carbocycles. The standard InChI is InChI=1S/C87H90N6/c1-13-61-67(19-7)82-73(52-34-28-25-29-35-52)83-68(20-8)62(14-2)78(89-83)57-44-46-58(47-45-57)79-65(17-5)71(23-11)86(92-79)75(54-38-32-27-33-39-54)87-72(24-12)66(18-6)81(93-87)60-50-48-59(49-51-60)80-64(16-4)70(22-10)85(91-80)74(53-36-30-26-31-37-53)84-69(21-9)63(15-3)77(90-84)56-42-40-55(41-43-56)76(61)88-82/h25-51,88,91-92H,13-24H2,1-12H3. The van der Waals surface area contributed by atoms with Gasteiger partial charge in [0.25, 0.3) is 0 Å². The van der Waals surface area contributed by atoms with Crippen molar-refractivity contribution in [2.45, 2.75) is 160 Å². The molecule has 9 aromatic rings. The van der Waals surface area contributed by atoms with Crippen molar-refractivity contribution < 1.29 is 0 Å². The molecule has 10 heterocycles. The molecule has 6 aromatic carbocycles. The van der Waals surface area contributed by atoms with Crippen LogP contribution in [0.1, 0.15) is 172 Å². The third-order valence-corrected chi connectivity index (χ3v) is 20.4. The topological polar surface area (TPSA) is 84.5 Å². The zero-order chi connectivity index (χ0) is 64.6. The van der Waals surface area contributed by atoms with Crippen molar-refractivity contribution >= 4 is 50.9 Å². The lowest BCUT2D eigenvalue weighted by Gasteiger charge is -2.12. The summed E-state index contributed by atoms with van der Waals surface area (Å²) in [7, 11) is 0. The van der Waals surface area contributed by atoms with E-state index in [-0.39, 0.29) is 0 Å². The van der Waals surface area contributed by atoms with E-state index in [1.165, 1.54) is 98.5 Å². The molecule has 16 rings (SSSR count). The highest BCUT2D eigenvalue weighted by Gasteiger charge is 2.31. The van der Waals surface area contributed by atoms with Crippen LogP contribution in [0.25, 0.3) is 33.8 Å². The van der Waals surface area contributed by atoms with E-state index in [2.05, 4.69) is 262 Å². The predicted octanol–water partition coefficient (Wildman–Crippen LogP) is 16.0. The fraction of sp³-hybridized carbons (Fsp3) is 0.276. The van der Waals surface area contributed by atoms with Gasteiger partial charge in [-0.05, 0) is 176 Å². The molecule has 468 valence electrons. The van der Waals surface area contributed by atoms with Gasteiger partial charge in [-0.2, -0.15) is 0 Å². The number of fused-ring (bicyclic) bond motifs is 3. The van der Waals surface area contributed by atoms with E-state index in [9.17, 15) is 0 Å². The van der Waals surface area contributed by atoms with Crippen LogP contribution in [0.2, 0.25) is 0 Å². The van der Waals surface area contributed by atoms with Crippen molar-refractivity contribution in [2.75, 3.05) is 0 Å². The van der Waals surface area contributed by atoms with Gasteiger partial charge in [-0.25, -0.2) is 15.0 Å². The molecule has 6 heteroatoms. The van der Waals surface area contributed by atoms with Gasteiger partial charge in [0.15, 0.2) is 0 Å². The molecule has 0 saturated carbocycles. The summed E-state index contributed by atoms with van der Waals surface area (Å²) in [5.41, 5.74) is 29.3. The van der Waals surface area contributed by atoms with E-state index in [1.807, 2.05) is 0 Å². The van der Waals surface area contributed by atoms with Crippen LogP contribution in [-0.4, -0.2) is 32.1 Å². The Labute approximate surface area is 548 Å². The van der Waals surface area contributed by atoms with E-state index < -0.39 is 0 Å². The number of allylic oxidation sites excluding steroid dienone is 3. The van der Waals surface area contributed by atoms with Crippen molar-refractivity contribution in [3.63, 3.8) is 0 Å². The van der Waals surface area contributed by atoms with Crippen molar-refractivity contribution in [3.8, 4) is 0 Å². The first-order valence-corrected chi connectivity index (χ1v) is 35.0. The number of nitrogens with one attached hydrogen (secondary N) is 3. The molecule has 7 aliphatic rings. The summed E-state index contributed by atoms with van der Waals surface area (Å²) in [6.45, 7) is 27.7. The second-order valence-electron chi connectivity index (χ2n) is 25.0. The number of rotatable bonds is 15. The van der Waals surface area contributed by atoms with Gasteiger partial charge < -0.3 is 15.0 Å². The Morgan fingerprint density at radius 1 is 0.215 bits per heavy atom. The normalized spacial score (nSPS) is 14.9. The molecule has 18 bridgehead atoms. The van der Waals surface area contributed by atoms with Crippen LogP contribution in [0.15, 0.2) is 212 Å². The molecular formula is C87H90N6. The Morgan fingerprint density at radius 3 is 0.624 bits per heavy atom. The summed E-state index contributed by atoms with van der Waals surface area (Å²) in [6, 6.07) is 61.0. The lowest BCUT2D eigenvalue weighted by molar-refractivity contribution is 1.04. The molecular weight excluding hydrogens is 1130 g/mol. The minimum Gasteiger partial charge on any atom is -0.354 e. The lowest BCUT2D eigenvalue weighted by Crippen LogP contribution is -2.20. The highest BCUT2D eigenvalue weighted by atomic mass is 14.8. The zero-order valence-electron chi connectivity index (χ0n) is 56.9. The highest BCUT2D eigenvalue weighted by Crippen LogP contribution is 2.39. The number of aromatic amines is 3. The van der Waals surface area contributed by atoms with E-state index in [1.54, 1.807) is 0 Å². The summed E-state index contributed by atoms with van der Waals surface area (Å²) in [5.74, 6) is 0. The van der Waals surface area contributed by atoms with Gasteiger partial charge in [0.1, 0.15) is 0 Å². The third-order valence-electron chi connectivity index (χ3n) is 20.4. The summed E-state index contributed by atoms with van der Waals surface area (Å²) in [5, 5.41) is 13.9. The van der Waals surface area contributed by atoms with Crippen LogP contribution in [-0.2, 0) is 38.5 Å². The number of aliphatic imine (C=N–C) groups is 3. The monoisotopic (exact) mass is 1220 g/mol. The molecule has 0 atom stereocenters. The zero-order valence-corrected chi connectivity index (χ0v) is 56.9. The van der Waals surface area contributed by atoms with E-state index in [0.717, 1.165) is 176 Å². The van der Waals surface area contributed by atoms with Crippen molar-refractivity contribution in [1.29, 1.82) is 0 Å². The Bertz CT molecular complexity index is 4810. The number of nitrogens with zero attached hydrogens (tertiary/aromatic N) is 3. The van der Waals surface area contributed by atoms with Crippen molar-refractivity contribution in [1.82, 2.24) is 15.0 Å². The third kappa shape index (κ3) is 10.6. The van der Waals surface area contributed by atoms with Crippen molar-refractivity contribution in [2.24, 2.45) is 15.0 Å². The van der Waals surface area contributed by atoms with Gasteiger partial charge in [-0.15, -0.1) is 0 Å². The summed E-state index contributed by atoms with van der Waals surface area (Å²) in [6.07, 6.45) is 10.5. The van der Waals surface area contributed by atoms with Gasteiger partial charge >= 0.3 is 0 Å². The Kier molecular flexibility index (Phi) is 17.9. The molecule has 6 nitrogen and oxygen atoms in total. The van der Waals surface area contributed by atoms with Gasteiger partial charge in [-0.1, -0.05) is 247 Å². The number of H-pyrrole nitrogens is 3. The highest BCUT2D eigenvalue weighted by molar-refractivity contribution is 6.36.